The molecule has 0 rings (SSSR count). The Balaban J connectivity index is 3.01. The van der Waals surface area contributed by atoms with Crippen molar-refractivity contribution in [2.45, 2.75) is 45.4 Å². The normalized spacial score (nSPS) is 18.7. The van der Waals surface area contributed by atoms with Gasteiger partial charge in [-0.2, -0.15) is 0 Å². The summed E-state index contributed by atoms with van der Waals surface area (Å²) in [6, 6.07) is 0. The third-order valence-electron chi connectivity index (χ3n) is 1.77. The molecule has 3 N–H and O–H groups in total. The van der Waals surface area contributed by atoms with Gasteiger partial charge in [0.2, 0.25) is 0 Å². The van der Waals surface area contributed by atoms with Crippen LogP contribution in [0.3, 0.4) is 0 Å². The maximum atomic E-state index is 8.94. The molecule has 0 bridgehead atoms. The number of rotatable bonds is 7. The summed E-state index contributed by atoms with van der Waals surface area (Å²) in [5.41, 5.74) is 0. The van der Waals surface area contributed by atoms with Gasteiger partial charge in [-0.15, -0.1) is 0 Å². The van der Waals surface area contributed by atoms with E-state index in [2.05, 4.69) is 6.92 Å². The van der Waals surface area contributed by atoms with Gasteiger partial charge >= 0.3 is 0 Å². The molecule has 4 heteroatoms. The van der Waals surface area contributed by atoms with Crippen LogP contribution in [0.15, 0.2) is 0 Å². The van der Waals surface area contributed by atoms with E-state index in [1.54, 1.807) is 0 Å². The molecule has 0 saturated heterocycles. The third-order valence-corrected chi connectivity index (χ3v) is 3.06. The molecule has 0 aliphatic heterocycles. The van der Waals surface area contributed by atoms with E-state index in [0.717, 1.165) is 12.8 Å². The van der Waals surface area contributed by atoms with Gasteiger partial charge in [0.25, 0.3) is 0 Å². The first kappa shape index (κ1) is 12.6. The fraction of sp³-hybridized carbons (Fsp3) is 1.00. The van der Waals surface area contributed by atoms with Crippen molar-refractivity contribution in [3.63, 3.8) is 0 Å². The Bertz CT molecular complexity index is 104. The summed E-state index contributed by atoms with van der Waals surface area (Å²) in [5, 5.41) is 0. The van der Waals surface area contributed by atoms with E-state index in [1.165, 1.54) is 25.7 Å². The van der Waals surface area contributed by atoms with Crippen molar-refractivity contribution in [1.29, 1.82) is 0 Å². The monoisotopic (exact) mass is 215 g/mol. The van der Waals surface area contributed by atoms with Crippen LogP contribution in [-0.2, 0) is 0 Å². The van der Waals surface area contributed by atoms with Gasteiger partial charge in [0.05, 0.1) is 16.4 Å². The molecule has 0 aromatic heterocycles. The Kier molecular flexibility index (Phi) is 7.34. The molecule has 0 fully saturated rings. The molecule has 0 amide bonds. The van der Waals surface area contributed by atoms with Crippen molar-refractivity contribution in [1.82, 2.24) is 0 Å². The minimum atomic E-state index is -2.49. The number of unbranched alkanes of at least 4 members (excludes halogenated alkanes) is 5. The minimum absolute atomic E-state index is 0.459. The lowest BCUT2D eigenvalue weighted by Gasteiger charge is -2.17. The van der Waals surface area contributed by atoms with Crippen LogP contribution >= 0.6 is 20.5 Å². The summed E-state index contributed by atoms with van der Waals surface area (Å²) in [4.78, 5) is 0. The van der Waals surface area contributed by atoms with E-state index >= 15 is 0 Å². The molecule has 2 nitrogen and oxygen atoms in total. The quantitative estimate of drug-likeness (QED) is 0.513. The van der Waals surface area contributed by atoms with Gasteiger partial charge < -0.3 is 4.55 Å². The lowest BCUT2D eigenvalue weighted by Crippen LogP contribution is -1.94. The highest BCUT2D eigenvalue weighted by molar-refractivity contribution is 8.43. The van der Waals surface area contributed by atoms with Crippen LogP contribution in [0.5, 0.6) is 0 Å². The molecule has 0 radical (unpaired) electrons. The summed E-state index contributed by atoms with van der Waals surface area (Å²) in [7, 11) is 2.88. The van der Waals surface area contributed by atoms with Crippen molar-refractivity contribution in [2.75, 3.05) is 5.75 Å². The largest absolute Gasteiger partial charge is 0.314 e. The Morgan fingerprint density at radius 2 is 1.67 bits per heavy atom. The maximum Gasteiger partial charge on any atom is 0.0938 e. The average molecular weight is 216 g/mol. The fourth-order valence-corrected chi connectivity index (χ4v) is 1.99. The Hall–Kier alpha value is 0.560. The minimum Gasteiger partial charge on any atom is -0.314 e. The van der Waals surface area contributed by atoms with Gasteiger partial charge in [-0.3, -0.25) is 4.55 Å². The van der Waals surface area contributed by atoms with Gasteiger partial charge in [0.15, 0.2) is 0 Å². The van der Waals surface area contributed by atoms with Crippen molar-refractivity contribution >= 4 is 20.5 Å². The number of hydrogen-bond donors (Lipinski definition) is 1. The first-order valence-corrected chi connectivity index (χ1v) is 7.12. The van der Waals surface area contributed by atoms with Crippen molar-refractivity contribution in [3.05, 3.63) is 0 Å². The molecule has 0 aromatic carbocycles. The summed E-state index contributed by atoms with van der Waals surface area (Å²) in [5.74, 6) is 0.459. The van der Waals surface area contributed by atoms with Gasteiger partial charge in [0, 0.05) is 0 Å². The average Bonchev–Trinajstić information content (AvgIpc) is 1.94. The fourth-order valence-electron chi connectivity index (χ4n) is 1.07. The first-order valence-electron chi connectivity index (χ1n) is 4.54. The Morgan fingerprint density at radius 1 is 1.17 bits per heavy atom. The highest BCUT2D eigenvalue weighted by atomic mass is 35.7. The molecule has 0 saturated carbocycles. The van der Waals surface area contributed by atoms with Crippen LogP contribution in [0.2, 0.25) is 0 Å². The van der Waals surface area contributed by atoms with Gasteiger partial charge in [-0.25, -0.2) is 0 Å². The van der Waals surface area contributed by atoms with E-state index < -0.39 is 9.80 Å². The second kappa shape index (κ2) is 7.01. The van der Waals surface area contributed by atoms with Crippen LogP contribution in [0.4, 0.5) is 0 Å². The first-order chi connectivity index (χ1) is 5.56. The highest BCUT2D eigenvalue weighted by Gasteiger charge is 2.09. The van der Waals surface area contributed by atoms with Crippen LogP contribution in [-0.4, -0.2) is 14.9 Å². The summed E-state index contributed by atoms with van der Waals surface area (Å²) in [6.07, 6.45) is 7.01. The van der Waals surface area contributed by atoms with Crippen molar-refractivity contribution in [2.24, 2.45) is 0 Å². The lowest BCUT2D eigenvalue weighted by atomic mass is 10.1. The SMILES string of the molecule is CCCCCCCCS(O)([OH2+])Cl. The van der Waals surface area contributed by atoms with Gasteiger partial charge in [0.1, 0.15) is 0 Å². The second-order valence-corrected chi connectivity index (χ2v) is 6.27. The molecule has 12 heavy (non-hydrogen) atoms. The smallest absolute Gasteiger partial charge is 0.0938 e. The van der Waals surface area contributed by atoms with E-state index in [0.29, 0.717) is 5.75 Å². The molecule has 0 aliphatic rings. The maximum absolute atomic E-state index is 8.94. The van der Waals surface area contributed by atoms with Crippen LogP contribution in [0.1, 0.15) is 45.4 Å². The predicted octanol–water partition coefficient (Wildman–Crippen LogP) is 3.42. The molecule has 0 spiro atoms. The number of hydrogen-bond acceptors (Lipinski definition) is 1. The molecule has 1 unspecified atom stereocenters. The van der Waals surface area contributed by atoms with Crippen molar-refractivity contribution < 1.29 is 9.11 Å². The summed E-state index contributed by atoms with van der Waals surface area (Å²) in [6.45, 7) is 2.19. The highest BCUT2D eigenvalue weighted by Crippen LogP contribution is 2.44. The van der Waals surface area contributed by atoms with Crippen LogP contribution in [0, 0.1) is 0 Å². The Labute approximate surface area is 81.2 Å². The molecule has 0 aromatic rings. The van der Waals surface area contributed by atoms with E-state index in [9.17, 15) is 0 Å². The zero-order chi connectivity index (χ0) is 9.45. The predicted molar refractivity (Wildman–Crippen MR) is 57.9 cm³/mol. The standard InChI is InChI=1S/C8H19ClO2S/c1-2-3-4-5-6-7-8-12(9,10)11/h10-11H,2-8H2,1H3/p+1. The topological polar surface area (TPSA) is 43.1 Å². The van der Waals surface area contributed by atoms with Crippen LogP contribution < -0.4 is 0 Å². The van der Waals surface area contributed by atoms with Crippen molar-refractivity contribution in [3.8, 4) is 0 Å². The molecule has 1 atom stereocenters. The molecular formula is C8H20ClO2S+. The second-order valence-electron chi connectivity index (χ2n) is 3.09. The molecular weight excluding hydrogens is 196 g/mol. The van der Waals surface area contributed by atoms with Gasteiger partial charge in [-0.1, -0.05) is 39.0 Å². The van der Waals surface area contributed by atoms with Gasteiger partial charge in [-0.05, 0) is 16.2 Å². The Morgan fingerprint density at radius 3 is 2.17 bits per heavy atom. The third kappa shape index (κ3) is 10.6. The van der Waals surface area contributed by atoms with E-state index in [4.69, 9.17) is 19.8 Å². The zero-order valence-electron chi connectivity index (χ0n) is 7.68. The molecule has 76 valence electrons. The number of halogens is 1. The van der Waals surface area contributed by atoms with E-state index in [-0.39, 0.29) is 0 Å². The zero-order valence-corrected chi connectivity index (χ0v) is 9.26. The van der Waals surface area contributed by atoms with E-state index in [1.807, 2.05) is 0 Å². The lowest BCUT2D eigenvalue weighted by molar-refractivity contribution is 0.502. The molecule has 0 aliphatic carbocycles. The summed E-state index contributed by atoms with van der Waals surface area (Å²) < 4.78 is 16.0. The van der Waals surface area contributed by atoms with Crippen LogP contribution in [0.25, 0.3) is 0 Å². The summed E-state index contributed by atoms with van der Waals surface area (Å²) >= 11 is 0. The molecule has 0 heterocycles.